The Kier molecular flexibility index (Phi) is 4.74. The van der Waals surface area contributed by atoms with Crippen LogP contribution in [-0.4, -0.2) is 50.9 Å². The predicted octanol–water partition coefficient (Wildman–Crippen LogP) is 4.32. The van der Waals surface area contributed by atoms with Gasteiger partial charge in [0, 0.05) is 6.04 Å². The number of aromatic nitrogens is 2. The molecule has 172 valence electrons. The summed E-state index contributed by atoms with van der Waals surface area (Å²) in [4.78, 5) is 23.3. The second-order valence-electron chi connectivity index (χ2n) is 11.5. The van der Waals surface area contributed by atoms with Crippen molar-refractivity contribution in [3.63, 3.8) is 0 Å². The Labute approximate surface area is 190 Å². The molecule has 2 saturated heterocycles. The highest BCUT2D eigenvalue weighted by molar-refractivity contribution is 6.62. The van der Waals surface area contributed by atoms with Crippen molar-refractivity contribution in [1.29, 1.82) is 0 Å². The molecule has 7 nitrogen and oxygen atoms in total. The largest absolute Gasteiger partial charge is 0.494 e. The average Bonchev–Trinajstić information content (AvgIpc) is 3.41. The number of nitrogens with one attached hydrogen (secondary N) is 1. The van der Waals surface area contributed by atoms with Gasteiger partial charge in [-0.15, -0.1) is 0 Å². The zero-order valence-corrected chi connectivity index (χ0v) is 20.2. The van der Waals surface area contributed by atoms with Crippen molar-refractivity contribution >= 4 is 29.7 Å². The molecule has 3 heterocycles. The van der Waals surface area contributed by atoms with Gasteiger partial charge < -0.3 is 19.0 Å². The molecule has 1 saturated carbocycles. The summed E-state index contributed by atoms with van der Waals surface area (Å²) in [6, 6.07) is 6.23. The molecule has 2 aliphatic heterocycles. The van der Waals surface area contributed by atoms with E-state index in [1.807, 2.05) is 37.8 Å². The molecular weight excluding hydrogens is 405 g/mol. The van der Waals surface area contributed by atoms with Crippen LogP contribution >= 0.6 is 0 Å². The van der Waals surface area contributed by atoms with E-state index >= 15 is 0 Å². The normalized spacial score (nSPS) is 28.7. The maximum absolute atomic E-state index is 13.0. The quantitative estimate of drug-likeness (QED) is 0.706. The van der Waals surface area contributed by atoms with Crippen molar-refractivity contribution in [3.8, 4) is 0 Å². The van der Waals surface area contributed by atoms with Gasteiger partial charge in [-0.1, -0.05) is 6.07 Å². The summed E-state index contributed by atoms with van der Waals surface area (Å²) in [6.07, 6.45) is 2.92. The van der Waals surface area contributed by atoms with Crippen molar-refractivity contribution in [3.05, 3.63) is 24.0 Å². The van der Waals surface area contributed by atoms with E-state index in [2.05, 4.69) is 38.7 Å². The molecular formula is C24H34BN3O4. The third kappa shape index (κ3) is 3.52. The smallest absolute Gasteiger partial charge is 0.444 e. The van der Waals surface area contributed by atoms with Crippen molar-refractivity contribution < 1.29 is 18.8 Å². The van der Waals surface area contributed by atoms with Gasteiger partial charge >= 0.3 is 13.2 Å². The molecule has 1 amide bonds. The molecule has 1 aliphatic carbocycles. The highest BCUT2D eigenvalue weighted by atomic mass is 16.7. The van der Waals surface area contributed by atoms with Crippen LogP contribution in [0.3, 0.4) is 0 Å². The average molecular weight is 439 g/mol. The van der Waals surface area contributed by atoms with E-state index in [0.29, 0.717) is 5.92 Å². The minimum Gasteiger partial charge on any atom is -0.444 e. The summed E-state index contributed by atoms with van der Waals surface area (Å²) in [5.41, 5.74) is 1.48. The standard InChI is InChI=1S/C24H34BN3O4/c1-22(2,3)30-21(29)28-16-10-8-14(12-16)19(28)20-26-17-11-9-15(13-18(17)27-20)25-31-23(4,5)24(6,7)32-25/h9,11,13-14,16,19H,8,10,12H2,1-7H3,(H,26,27)/t14-,16+,19?/m1/s1. The van der Waals surface area contributed by atoms with Gasteiger partial charge in [-0.25, -0.2) is 9.78 Å². The number of benzene rings is 1. The van der Waals surface area contributed by atoms with E-state index in [1.165, 1.54) is 0 Å². The fraction of sp³-hybridized carbons (Fsp3) is 0.667. The third-order valence-electron chi connectivity index (χ3n) is 7.52. The van der Waals surface area contributed by atoms with Crippen LogP contribution in [0.1, 0.15) is 79.6 Å². The minimum absolute atomic E-state index is 0.0729. The first-order valence-corrected chi connectivity index (χ1v) is 11.7. The van der Waals surface area contributed by atoms with Gasteiger partial charge in [-0.3, -0.25) is 4.90 Å². The Balaban J connectivity index is 1.44. The number of amides is 1. The number of hydrogen-bond donors (Lipinski definition) is 1. The first-order valence-electron chi connectivity index (χ1n) is 11.7. The lowest BCUT2D eigenvalue weighted by molar-refractivity contribution is 0.00578. The zero-order chi connectivity index (χ0) is 23.1. The van der Waals surface area contributed by atoms with Crippen LogP contribution in [0.15, 0.2) is 18.2 Å². The number of aromatic amines is 1. The summed E-state index contributed by atoms with van der Waals surface area (Å²) >= 11 is 0. The van der Waals surface area contributed by atoms with Crippen LogP contribution in [0, 0.1) is 5.92 Å². The summed E-state index contributed by atoms with van der Waals surface area (Å²) in [5.74, 6) is 1.25. The van der Waals surface area contributed by atoms with Gasteiger partial charge in [-0.2, -0.15) is 0 Å². The lowest BCUT2D eigenvalue weighted by atomic mass is 9.79. The first kappa shape index (κ1) is 21.8. The van der Waals surface area contributed by atoms with Gasteiger partial charge in [-0.05, 0) is 91.2 Å². The molecule has 1 N–H and O–H groups in total. The number of piperidine rings is 1. The first-order chi connectivity index (χ1) is 14.8. The van der Waals surface area contributed by atoms with Crippen molar-refractivity contribution in [1.82, 2.24) is 14.9 Å². The van der Waals surface area contributed by atoms with E-state index in [-0.39, 0.29) is 29.4 Å². The number of likely N-dealkylation sites (tertiary alicyclic amines) is 1. The predicted molar refractivity (Wildman–Crippen MR) is 124 cm³/mol. The maximum Gasteiger partial charge on any atom is 0.494 e. The lowest BCUT2D eigenvalue weighted by Crippen LogP contribution is -2.43. The number of carbonyl (C=O) groups excluding carboxylic acids is 1. The summed E-state index contributed by atoms with van der Waals surface area (Å²) in [5, 5.41) is 0. The highest BCUT2D eigenvalue weighted by Crippen LogP contribution is 2.50. The number of carbonyl (C=O) groups is 1. The molecule has 5 rings (SSSR count). The number of rotatable bonds is 2. The molecule has 1 unspecified atom stereocenters. The molecule has 2 bridgehead atoms. The third-order valence-corrected chi connectivity index (χ3v) is 7.52. The Hall–Kier alpha value is -2.06. The Morgan fingerprint density at radius 1 is 1.19 bits per heavy atom. The number of fused-ring (bicyclic) bond motifs is 3. The van der Waals surface area contributed by atoms with Gasteiger partial charge in [0.15, 0.2) is 0 Å². The monoisotopic (exact) mass is 439 g/mol. The summed E-state index contributed by atoms with van der Waals surface area (Å²) in [6.45, 7) is 14.0. The van der Waals surface area contributed by atoms with Crippen molar-refractivity contribution in [2.24, 2.45) is 5.92 Å². The highest BCUT2D eigenvalue weighted by Gasteiger charge is 2.52. The minimum atomic E-state index is -0.519. The summed E-state index contributed by atoms with van der Waals surface area (Å²) in [7, 11) is -0.420. The number of imidazole rings is 1. The number of nitrogens with zero attached hydrogens (tertiary/aromatic N) is 2. The van der Waals surface area contributed by atoms with E-state index < -0.39 is 12.7 Å². The topological polar surface area (TPSA) is 76.7 Å². The molecule has 3 aliphatic rings. The van der Waals surface area contributed by atoms with E-state index in [4.69, 9.17) is 19.0 Å². The van der Waals surface area contributed by atoms with Crippen molar-refractivity contribution in [2.45, 2.75) is 96.6 Å². The zero-order valence-electron chi connectivity index (χ0n) is 20.2. The molecule has 8 heteroatoms. The molecule has 1 aromatic heterocycles. The number of ether oxygens (including phenoxy) is 1. The van der Waals surface area contributed by atoms with E-state index in [0.717, 1.165) is 41.6 Å². The fourth-order valence-corrected chi connectivity index (χ4v) is 5.23. The maximum atomic E-state index is 13.0. The molecule has 0 radical (unpaired) electrons. The van der Waals surface area contributed by atoms with E-state index in [9.17, 15) is 4.79 Å². The molecule has 0 spiro atoms. The van der Waals surface area contributed by atoms with Crippen LogP contribution in [0.25, 0.3) is 11.0 Å². The van der Waals surface area contributed by atoms with Gasteiger partial charge in [0.2, 0.25) is 0 Å². The van der Waals surface area contributed by atoms with Crippen LogP contribution < -0.4 is 5.46 Å². The molecule has 3 fully saturated rings. The second-order valence-corrected chi connectivity index (χ2v) is 11.5. The fourth-order valence-electron chi connectivity index (χ4n) is 5.23. The second kappa shape index (κ2) is 6.97. The van der Waals surface area contributed by atoms with Crippen LogP contribution in [0.5, 0.6) is 0 Å². The molecule has 1 aromatic carbocycles. The van der Waals surface area contributed by atoms with Gasteiger partial charge in [0.25, 0.3) is 0 Å². The summed E-state index contributed by atoms with van der Waals surface area (Å²) < 4.78 is 18.2. The van der Waals surface area contributed by atoms with Gasteiger partial charge in [0.1, 0.15) is 11.4 Å². The molecule has 32 heavy (non-hydrogen) atoms. The lowest BCUT2D eigenvalue weighted by Gasteiger charge is -2.35. The van der Waals surface area contributed by atoms with Crippen LogP contribution in [0.4, 0.5) is 4.79 Å². The number of H-pyrrole nitrogens is 1. The van der Waals surface area contributed by atoms with Crippen LogP contribution in [0.2, 0.25) is 0 Å². The van der Waals surface area contributed by atoms with Crippen molar-refractivity contribution in [2.75, 3.05) is 0 Å². The van der Waals surface area contributed by atoms with Gasteiger partial charge in [0.05, 0.1) is 28.3 Å². The number of hydrogen-bond acceptors (Lipinski definition) is 5. The Morgan fingerprint density at radius 3 is 2.53 bits per heavy atom. The molecule has 3 atom stereocenters. The molecule has 2 aromatic rings. The van der Waals surface area contributed by atoms with Crippen LogP contribution in [-0.2, 0) is 14.0 Å². The SMILES string of the molecule is CC(C)(C)OC(=O)N1C(c2nc3ccc(B4OC(C)(C)C(C)(C)O4)cc3[nH]2)[C@@H]2CC[C@H]1C2. The Morgan fingerprint density at radius 2 is 1.88 bits per heavy atom. The Bertz CT molecular complexity index is 1040. The van der Waals surface area contributed by atoms with E-state index in [1.54, 1.807) is 0 Å².